The van der Waals surface area contributed by atoms with Gasteiger partial charge in [-0.1, -0.05) is 36.4 Å². The van der Waals surface area contributed by atoms with Gasteiger partial charge in [-0.2, -0.15) is 0 Å². The van der Waals surface area contributed by atoms with Crippen LogP contribution in [0.2, 0.25) is 0 Å². The smallest absolute Gasteiger partial charge is 0.309 e. The van der Waals surface area contributed by atoms with Crippen LogP contribution in [-0.4, -0.2) is 56.2 Å². The normalized spacial score (nSPS) is 14.9. The van der Waals surface area contributed by atoms with Crippen LogP contribution >= 0.6 is 24.0 Å². The summed E-state index contributed by atoms with van der Waals surface area (Å²) >= 11 is 0. The molecule has 1 aliphatic rings. The highest BCUT2D eigenvalue weighted by Crippen LogP contribution is 2.25. The SMILES string of the molecule is CCNC(=NCCOc1cccc2ccccc12)N1CCC(C(=O)OCC)CC1.I. The summed E-state index contributed by atoms with van der Waals surface area (Å²) in [6.07, 6.45) is 1.60. The molecular formula is C23H32IN3O3. The number of benzene rings is 2. The molecule has 1 aliphatic heterocycles. The largest absolute Gasteiger partial charge is 0.491 e. The van der Waals surface area contributed by atoms with Gasteiger partial charge in [0, 0.05) is 25.0 Å². The number of hydrogen-bond donors (Lipinski definition) is 1. The van der Waals surface area contributed by atoms with Crippen molar-refractivity contribution in [1.29, 1.82) is 0 Å². The van der Waals surface area contributed by atoms with Crippen molar-refractivity contribution in [2.24, 2.45) is 10.9 Å². The second-order valence-electron chi connectivity index (χ2n) is 7.07. The van der Waals surface area contributed by atoms with Gasteiger partial charge >= 0.3 is 5.97 Å². The molecule has 1 fully saturated rings. The second-order valence-corrected chi connectivity index (χ2v) is 7.07. The molecule has 0 saturated carbocycles. The molecule has 2 aromatic rings. The average Bonchev–Trinajstić information content (AvgIpc) is 2.76. The fraction of sp³-hybridized carbons (Fsp3) is 0.478. The molecule has 164 valence electrons. The van der Waals surface area contributed by atoms with E-state index in [4.69, 9.17) is 14.5 Å². The van der Waals surface area contributed by atoms with Gasteiger partial charge in [-0.05, 0) is 38.1 Å². The first-order valence-corrected chi connectivity index (χ1v) is 10.5. The monoisotopic (exact) mass is 525 g/mol. The Morgan fingerprint density at radius 1 is 1.13 bits per heavy atom. The molecular weight excluding hydrogens is 493 g/mol. The Balaban J connectivity index is 0.00000320. The van der Waals surface area contributed by atoms with Crippen molar-refractivity contribution in [2.75, 3.05) is 39.4 Å². The van der Waals surface area contributed by atoms with Gasteiger partial charge in [-0.25, -0.2) is 4.99 Å². The van der Waals surface area contributed by atoms with Crippen molar-refractivity contribution in [3.8, 4) is 5.75 Å². The zero-order valence-corrected chi connectivity index (χ0v) is 20.1. The summed E-state index contributed by atoms with van der Waals surface area (Å²) in [6.45, 7) is 7.86. The molecule has 3 rings (SSSR count). The summed E-state index contributed by atoms with van der Waals surface area (Å²) in [5.41, 5.74) is 0. The number of piperidine rings is 1. The number of fused-ring (bicyclic) bond motifs is 1. The minimum absolute atomic E-state index is 0. The highest BCUT2D eigenvalue weighted by atomic mass is 127. The third-order valence-corrected chi connectivity index (χ3v) is 5.11. The summed E-state index contributed by atoms with van der Waals surface area (Å²) in [5.74, 6) is 1.70. The molecule has 1 N–H and O–H groups in total. The van der Waals surface area contributed by atoms with Gasteiger partial charge in [-0.3, -0.25) is 4.79 Å². The Morgan fingerprint density at radius 3 is 2.60 bits per heavy atom. The lowest BCUT2D eigenvalue weighted by atomic mass is 9.97. The Morgan fingerprint density at radius 2 is 1.87 bits per heavy atom. The van der Waals surface area contributed by atoms with E-state index < -0.39 is 0 Å². The zero-order valence-electron chi connectivity index (χ0n) is 17.8. The highest BCUT2D eigenvalue weighted by molar-refractivity contribution is 14.0. The Bertz CT molecular complexity index is 830. The first-order chi connectivity index (χ1) is 14.2. The number of hydrogen-bond acceptors (Lipinski definition) is 4. The van der Waals surface area contributed by atoms with Gasteiger partial charge in [0.1, 0.15) is 12.4 Å². The van der Waals surface area contributed by atoms with Crippen molar-refractivity contribution >= 4 is 46.7 Å². The summed E-state index contributed by atoms with van der Waals surface area (Å²) in [7, 11) is 0. The minimum Gasteiger partial charge on any atom is -0.491 e. The van der Waals surface area contributed by atoms with E-state index in [9.17, 15) is 4.79 Å². The molecule has 30 heavy (non-hydrogen) atoms. The molecule has 0 atom stereocenters. The second kappa shape index (κ2) is 12.6. The average molecular weight is 525 g/mol. The highest BCUT2D eigenvalue weighted by Gasteiger charge is 2.27. The number of carbonyl (C=O) groups excluding carboxylic acids is 1. The number of halogens is 1. The van der Waals surface area contributed by atoms with Crippen LogP contribution in [0.5, 0.6) is 5.75 Å². The van der Waals surface area contributed by atoms with Gasteiger partial charge in [0.15, 0.2) is 5.96 Å². The van der Waals surface area contributed by atoms with Crippen molar-refractivity contribution in [3.63, 3.8) is 0 Å². The van der Waals surface area contributed by atoms with E-state index >= 15 is 0 Å². The van der Waals surface area contributed by atoms with Gasteiger partial charge < -0.3 is 19.7 Å². The molecule has 1 heterocycles. The standard InChI is InChI=1S/C23H31N3O3.HI/c1-3-24-23(26-15-12-19(13-16-26)22(27)28-4-2)25-14-17-29-21-11-7-9-18-8-5-6-10-20(18)21;/h5-11,19H,3-4,12-17H2,1-2H3,(H,24,25);1H. The molecule has 0 spiro atoms. The zero-order chi connectivity index (χ0) is 20.5. The molecule has 6 nitrogen and oxygen atoms in total. The van der Waals surface area contributed by atoms with E-state index in [1.54, 1.807) is 0 Å². The van der Waals surface area contributed by atoms with Gasteiger partial charge in [0.2, 0.25) is 0 Å². The Kier molecular flexibility index (Phi) is 10.2. The predicted molar refractivity (Wildman–Crippen MR) is 132 cm³/mol. The lowest BCUT2D eigenvalue weighted by Crippen LogP contribution is -2.46. The van der Waals surface area contributed by atoms with Crippen molar-refractivity contribution < 1.29 is 14.3 Å². The number of nitrogens with zero attached hydrogens (tertiary/aromatic N) is 2. The molecule has 0 aliphatic carbocycles. The fourth-order valence-corrected chi connectivity index (χ4v) is 3.64. The fourth-order valence-electron chi connectivity index (χ4n) is 3.64. The van der Waals surface area contributed by atoms with Gasteiger partial charge in [-0.15, -0.1) is 24.0 Å². The third kappa shape index (κ3) is 6.48. The molecule has 7 heteroatoms. The Hall–Kier alpha value is -2.03. The number of carbonyl (C=O) groups is 1. The van der Waals surface area contributed by atoms with Crippen molar-refractivity contribution in [2.45, 2.75) is 26.7 Å². The van der Waals surface area contributed by atoms with E-state index in [-0.39, 0.29) is 35.9 Å². The van der Waals surface area contributed by atoms with Crippen LogP contribution in [0.3, 0.4) is 0 Å². The number of esters is 1. The third-order valence-electron chi connectivity index (χ3n) is 5.11. The van der Waals surface area contributed by atoms with E-state index in [2.05, 4.69) is 35.3 Å². The van der Waals surface area contributed by atoms with Crippen LogP contribution in [0.25, 0.3) is 10.8 Å². The number of nitrogens with one attached hydrogen (secondary N) is 1. The van der Waals surface area contributed by atoms with Crippen LogP contribution in [-0.2, 0) is 9.53 Å². The molecule has 0 radical (unpaired) electrons. The van der Waals surface area contributed by atoms with Gasteiger partial charge in [0.25, 0.3) is 0 Å². The summed E-state index contributed by atoms with van der Waals surface area (Å²) < 4.78 is 11.2. The molecule has 0 amide bonds. The van der Waals surface area contributed by atoms with E-state index in [1.165, 1.54) is 5.39 Å². The van der Waals surface area contributed by atoms with E-state index in [1.807, 2.05) is 31.2 Å². The van der Waals surface area contributed by atoms with E-state index in [0.717, 1.165) is 49.6 Å². The summed E-state index contributed by atoms with van der Waals surface area (Å²) in [6, 6.07) is 14.3. The number of guanidine groups is 1. The van der Waals surface area contributed by atoms with Crippen LogP contribution in [0, 0.1) is 5.92 Å². The van der Waals surface area contributed by atoms with E-state index in [0.29, 0.717) is 19.8 Å². The maximum Gasteiger partial charge on any atom is 0.309 e. The summed E-state index contributed by atoms with van der Waals surface area (Å²) in [4.78, 5) is 18.9. The number of ether oxygens (including phenoxy) is 2. The minimum atomic E-state index is -0.0717. The van der Waals surface area contributed by atoms with Crippen LogP contribution in [0.15, 0.2) is 47.5 Å². The number of likely N-dealkylation sites (tertiary alicyclic amines) is 1. The van der Waals surface area contributed by atoms with Gasteiger partial charge in [0.05, 0.1) is 19.1 Å². The maximum atomic E-state index is 11.9. The van der Waals surface area contributed by atoms with Crippen molar-refractivity contribution in [1.82, 2.24) is 10.2 Å². The van der Waals surface area contributed by atoms with Crippen LogP contribution in [0.4, 0.5) is 0 Å². The Labute approximate surface area is 196 Å². The topological polar surface area (TPSA) is 63.2 Å². The lowest BCUT2D eigenvalue weighted by Gasteiger charge is -2.33. The molecule has 0 aromatic heterocycles. The first kappa shape index (κ1) is 24.2. The predicted octanol–water partition coefficient (Wildman–Crippen LogP) is 4.08. The molecule has 0 bridgehead atoms. The maximum absolute atomic E-state index is 11.9. The molecule has 2 aromatic carbocycles. The first-order valence-electron chi connectivity index (χ1n) is 10.5. The summed E-state index contributed by atoms with van der Waals surface area (Å²) in [5, 5.41) is 5.64. The number of rotatable bonds is 7. The quantitative estimate of drug-likeness (QED) is 0.194. The number of aliphatic imine (C=N–C) groups is 1. The van der Waals surface area contributed by atoms with Crippen LogP contribution < -0.4 is 10.1 Å². The lowest BCUT2D eigenvalue weighted by molar-refractivity contribution is -0.149. The van der Waals surface area contributed by atoms with Crippen LogP contribution in [0.1, 0.15) is 26.7 Å². The molecule has 1 saturated heterocycles. The molecule has 0 unspecified atom stereocenters. The van der Waals surface area contributed by atoms with Crippen molar-refractivity contribution in [3.05, 3.63) is 42.5 Å².